The van der Waals surface area contributed by atoms with Crippen molar-refractivity contribution in [3.05, 3.63) is 63.7 Å². The zero-order chi connectivity index (χ0) is 28.3. The van der Waals surface area contributed by atoms with Gasteiger partial charge >= 0.3 is 0 Å². The molecule has 0 unspecified atom stereocenters. The minimum absolute atomic E-state index is 0.108. The molecule has 0 spiro atoms. The van der Waals surface area contributed by atoms with Crippen molar-refractivity contribution < 1.29 is 38.7 Å². The summed E-state index contributed by atoms with van der Waals surface area (Å²) in [6.07, 6.45) is -0.773. The zero-order valence-corrected chi connectivity index (χ0v) is 23.0. The molecule has 2 aromatic rings. The molecule has 4 atom stereocenters. The second-order valence-electron chi connectivity index (χ2n) is 9.84. The maximum atomic E-state index is 10.5. The number of benzene rings is 2. The Balaban J connectivity index is 1.46. The molecule has 220 valence electrons. The molecule has 2 heterocycles. The van der Waals surface area contributed by atoms with Gasteiger partial charge in [0.05, 0.1) is 44.8 Å². The first-order chi connectivity index (χ1) is 19.5. The van der Waals surface area contributed by atoms with Gasteiger partial charge in [0.25, 0.3) is 5.09 Å². The van der Waals surface area contributed by atoms with Gasteiger partial charge in [-0.1, -0.05) is 18.2 Å². The fourth-order valence-corrected chi connectivity index (χ4v) is 5.11. The number of piperidine rings is 1. The Morgan fingerprint density at radius 3 is 2.62 bits per heavy atom. The van der Waals surface area contributed by atoms with Crippen LogP contribution < -0.4 is 19.7 Å². The van der Waals surface area contributed by atoms with E-state index < -0.39 is 17.8 Å². The molecule has 2 N–H and O–H groups in total. The smallest absolute Gasteiger partial charge is 0.294 e. The molecule has 2 aromatic carbocycles. The van der Waals surface area contributed by atoms with E-state index in [1.54, 1.807) is 14.2 Å². The van der Waals surface area contributed by atoms with E-state index in [0.717, 1.165) is 47.8 Å². The maximum absolute atomic E-state index is 10.5. The van der Waals surface area contributed by atoms with Gasteiger partial charge in [-0.15, -0.1) is 10.1 Å². The molecule has 0 bridgehead atoms. The average molecular weight is 562 g/mol. The molecule has 1 saturated heterocycles. The van der Waals surface area contributed by atoms with Crippen molar-refractivity contribution in [2.24, 2.45) is 0 Å². The molecule has 1 fully saturated rings. The second-order valence-corrected chi connectivity index (χ2v) is 9.84. The average Bonchev–Trinajstić information content (AvgIpc) is 2.98. The van der Waals surface area contributed by atoms with E-state index in [2.05, 4.69) is 21.1 Å². The molecular weight excluding hydrogens is 522 g/mol. The third-order valence-corrected chi connectivity index (χ3v) is 7.09. The fourth-order valence-electron chi connectivity index (χ4n) is 5.11. The van der Waals surface area contributed by atoms with Gasteiger partial charge in [-0.3, -0.25) is 0 Å². The van der Waals surface area contributed by atoms with Crippen molar-refractivity contribution in [3.63, 3.8) is 0 Å². The summed E-state index contributed by atoms with van der Waals surface area (Å²) in [6, 6.07) is 13.9. The molecule has 12 nitrogen and oxygen atoms in total. The molecular formula is C28H39N3O9. The number of aliphatic hydroxyl groups excluding tert-OH is 1. The predicted molar refractivity (Wildman–Crippen MR) is 147 cm³/mol. The topological polar surface area (TPSA) is 134 Å². The molecule has 0 aromatic heterocycles. The Kier molecular flexibility index (Phi) is 11.2. The van der Waals surface area contributed by atoms with Gasteiger partial charge in [0.2, 0.25) is 0 Å². The fraction of sp³-hybridized carbons (Fsp3) is 0.571. The molecule has 0 amide bonds. The standard InChI is InChI=1S/C28H39N3O9/c1-35-12-3-10-30-11-13-37-25-9-4-20(14-24(25)30)17-38-26-15-29-16-27(39-18-22(32)19-40-31(33)34)28(26)21-5-7-23(36-2)8-6-21/h4-9,14,22,26-29,32H,3,10-13,15-19H2,1-2H3/t22-,26-,27+,28+/m0/s1. The summed E-state index contributed by atoms with van der Waals surface area (Å²) in [5.74, 6) is 1.46. The Morgan fingerprint density at radius 1 is 1.12 bits per heavy atom. The minimum atomic E-state index is -1.13. The summed E-state index contributed by atoms with van der Waals surface area (Å²) in [6.45, 7) is 4.05. The van der Waals surface area contributed by atoms with Gasteiger partial charge in [0.1, 0.15) is 30.8 Å². The van der Waals surface area contributed by atoms with Gasteiger partial charge in [0.15, 0.2) is 0 Å². The molecule has 0 saturated carbocycles. The van der Waals surface area contributed by atoms with Gasteiger partial charge in [-0.25, -0.2) is 0 Å². The highest BCUT2D eigenvalue weighted by Crippen LogP contribution is 2.35. The summed E-state index contributed by atoms with van der Waals surface area (Å²) in [5, 5.41) is 23.0. The number of rotatable bonds is 15. The highest BCUT2D eigenvalue weighted by atomic mass is 17.0. The van der Waals surface area contributed by atoms with Crippen LogP contribution in [0, 0.1) is 10.1 Å². The number of hydrogen-bond donors (Lipinski definition) is 2. The molecule has 0 radical (unpaired) electrons. The maximum Gasteiger partial charge on any atom is 0.294 e. The van der Waals surface area contributed by atoms with Crippen molar-refractivity contribution in [2.45, 2.75) is 37.3 Å². The van der Waals surface area contributed by atoms with Crippen molar-refractivity contribution in [1.82, 2.24) is 5.32 Å². The van der Waals surface area contributed by atoms with Crippen LogP contribution in [-0.4, -0.2) is 95.3 Å². The first-order valence-corrected chi connectivity index (χ1v) is 13.5. The molecule has 2 aliphatic heterocycles. The second kappa shape index (κ2) is 15.0. The van der Waals surface area contributed by atoms with E-state index in [1.807, 2.05) is 36.4 Å². The first-order valence-electron chi connectivity index (χ1n) is 13.5. The normalized spacial score (nSPS) is 21.3. The summed E-state index contributed by atoms with van der Waals surface area (Å²) >= 11 is 0. The van der Waals surface area contributed by atoms with E-state index in [0.29, 0.717) is 32.9 Å². The summed E-state index contributed by atoms with van der Waals surface area (Å²) in [7, 11) is 3.33. The molecule has 4 rings (SSSR count). The van der Waals surface area contributed by atoms with Crippen molar-refractivity contribution >= 4 is 5.69 Å². The van der Waals surface area contributed by atoms with Crippen LogP contribution in [0.2, 0.25) is 0 Å². The summed E-state index contributed by atoms with van der Waals surface area (Å²) in [5.41, 5.74) is 3.10. The number of hydrogen-bond acceptors (Lipinski definition) is 11. The van der Waals surface area contributed by atoms with Crippen molar-refractivity contribution in [2.75, 3.05) is 71.7 Å². The molecule has 12 heteroatoms. The first kappa shape index (κ1) is 29.8. The van der Waals surface area contributed by atoms with Crippen LogP contribution in [0.15, 0.2) is 42.5 Å². The monoisotopic (exact) mass is 561 g/mol. The van der Waals surface area contributed by atoms with E-state index in [1.165, 1.54) is 0 Å². The lowest BCUT2D eigenvalue weighted by Gasteiger charge is -2.39. The highest BCUT2D eigenvalue weighted by Gasteiger charge is 2.36. The van der Waals surface area contributed by atoms with Crippen LogP contribution in [0.25, 0.3) is 0 Å². The lowest BCUT2D eigenvalue weighted by Crippen LogP contribution is -2.51. The number of aliphatic hydroxyl groups is 1. The number of fused-ring (bicyclic) bond motifs is 1. The lowest BCUT2D eigenvalue weighted by atomic mass is 9.85. The SMILES string of the molecule is COCCCN1CCOc2ccc(CO[C@H]3CNC[C@@H](OC[C@H](O)CO[N+](=O)[O-])[C@@H]3c3ccc(OC)cc3)cc21. The Labute approximate surface area is 234 Å². The van der Waals surface area contributed by atoms with E-state index in [-0.39, 0.29) is 24.7 Å². The lowest BCUT2D eigenvalue weighted by molar-refractivity contribution is -0.759. The third kappa shape index (κ3) is 8.18. The highest BCUT2D eigenvalue weighted by molar-refractivity contribution is 5.61. The molecule has 0 aliphatic carbocycles. The zero-order valence-electron chi connectivity index (χ0n) is 23.0. The van der Waals surface area contributed by atoms with Crippen molar-refractivity contribution in [1.29, 1.82) is 0 Å². The van der Waals surface area contributed by atoms with E-state index in [4.69, 9.17) is 23.7 Å². The largest absolute Gasteiger partial charge is 0.497 e. The van der Waals surface area contributed by atoms with Crippen LogP contribution in [-0.2, 0) is 25.7 Å². The van der Waals surface area contributed by atoms with Gasteiger partial charge in [-0.05, 0) is 41.8 Å². The summed E-state index contributed by atoms with van der Waals surface area (Å²) < 4.78 is 29.0. The minimum Gasteiger partial charge on any atom is -0.497 e. The van der Waals surface area contributed by atoms with E-state index >= 15 is 0 Å². The van der Waals surface area contributed by atoms with Crippen LogP contribution in [0.1, 0.15) is 23.5 Å². The Bertz CT molecular complexity index is 1070. The third-order valence-electron chi connectivity index (χ3n) is 7.09. The number of anilines is 1. The number of nitrogens with zero attached hydrogens (tertiary/aromatic N) is 2. The number of nitrogens with one attached hydrogen (secondary N) is 1. The Morgan fingerprint density at radius 2 is 1.90 bits per heavy atom. The van der Waals surface area contributed by atoms with Crippen LogP contribution in [0.4, 0.5) is 5.69 Å². The summed E-state index contributed by atoms with van der Waals surface area (Å²) in [4.78, 5) is 17.1. The van der Waals surface area contributed by atoms with Crippen LogP contribution in [0.3, 0.4) is 0 Å². The predicted octanol–water partition coefficient (Wildman–Crippen LogP) is 2.16. The number of methoxy groups -OCH3 is 2. The Hall–Kier alpha value is -3.16. The van der Waals surface area contributed by atoms with Crippen LogP contribution >= 0.6 is 0 Å². The van der Waals surface area contributed by atoms with Crippen molar-refractivity contribution in [3.8, 4) is 11.5 Å². The van der Waals surface area contributed by atoms with Gasteiger partial charge in [-0.2, -0.15) is 0 Å². The van der Waals surface area contributed by atoms with Gasteiger partial charge < -0.3 is 43.8 Å². The van der Waals surface area contributed by atoms with Crippen LogP contribution in [0.5, 0.6) is 11.5 Å². The van der Waals surface area contributed by atoms with E-state index in [9.17, 15) is 15.2 Å². The molecule has 40 heavy (non-hydrogen) atoms. The van der Waals surface area contributed by atoms with Gasteiger partial charge in [0, 0.05) is 39.3 Å². The number of ether oxygens (including phenoxy) is 5. The molecule has 2 aliphatic rings. The quantitative estimate of drug-likeness (QED) is 0.188.